The molecule has 0 N–H and O–H groups in total. The van der Waals surface area contributed by atoms with Crippen LogP contribution in [0.25, 0.3) is 0 Å². The Kier molecular flexibility index (Phi) is 3.65. The van der Waals surface area contributed by atoms with Crippen LogP contribution in [-0.4, -0.2) is 37.9 Å². The topological polar surface area (TPSA) is 46.6 Å². The highest BCUT2D eigenvalue weighted by Crippen LogP contribution is 2.40. The molecule has 4 atom stereocenters. The van der Waals surface area contributed by atoms with Gasteiger partial charge >= 0.3 is 5.97 Å². The van der Waals surface area contributed by atoms with Gasteiger partial charge in [0.1, 0.15) is 17.0 Å². The number of ether oxygens (including phenoxy) is 1. The molecule has 2 rings (SSSR count). The van der Waals surface area contributed by atoms with E-state index in [-0.39, 0.29) is 28.7 Å². The molecule has 1 fully saturated rings. The first-order valence-corrected chi connectivity index (χ1v) is 7.52. The smallest absolute Gasteiger partial charge is 0.324 e. The monoisotopic (exact) mass is 271 g/mol. The number of rotatable bonds is 3. The summed E-state index contributed by atoms with van der Waals surface area (Å²) in [4.78, 5) is 12.0. The summed E-state index contributed by atoms with van der Waals surface area (Å²) in [5.74, 6) is -0.0905. The summed E-state index contributed by atoms with van der Waals surface area (Å²) in [6, 6.07) is -0.260. The molecular weight excluding hydrogens is 250 g/mol. The standard InChI is InChI=1S/C13H21NO3S/c1-5-17-12(15)11-9-6-7-10(8-9)14(11)18(16)13(2,3)4/h6-7,9-11H,5,8H2,1-4H3/t9-,10+,11-,18?/m0/s1. The average molecular weight is 271 g/mol. The van der Waals surface area contributed by atoms with Gasteiger partial charge in [-0.15, -0.1) is 0 Å². The van der Waals surface area contributed by atoms with E-state index in [0.717, 1.165) is 6.42 Å². The van der Waals surface area contributed by atoms with Gasteiger partial charge in [0.25, 0.3) is 0 Å². The van der Waals surface area contributed by atoms with Crippen LogP contribution in [0.5, 0.6) is 0 Å². The van der Waals surface area contributed by atoms with Gasteiger partial charge in [0.15, 0.2) is 0 Å². The van der Waals surface area contributed by atoms with Gasteiger partial charge in [-0.2, -0.15) is 0 Å². The summed E-state index contributed by atoms with van der Waals surface area (Å²) in [6.07, 6.45) is 5.00. The zero-order valence-electron chi connectivity index (χ0n) is 11.4. The minimum Gasteiger partial charge on any atom is -0.465 e. The van der Waals surface area contributed by atoms with E-state index >= 15 is 0 Å². The van der Waals surface area contributed by atoms with Gasteiger partial charge in [0.05, 0.1) is 11.4 Å². The Morgan fingerprint density at radius 2 is 2.11 bits per heavy atom. The molecule has 1 aliphatic carbocycles. The molecular formula is C13H21NO3S. The van der Waals surface area contributed by atoms with Crippen LogP contribution < -0.4 is 0 Å². The highest BCUT2D eigenvalue weighted by Gasteiger charge is 2.51. The first kappa shape index (κ1) is 13.7. The van der Waals surface area contributed by atoms with Crippen molar-refractivity contribution in [1.29, 1.82) is 0 Å². The third-order valence-corrected chi connectivity index (χ3v) is 5.27. The van der Waals surface area contributed by atoms with Crippen LogP contribution in [0.2, 0.25) is 0 Å². The van der Waals surface area contributed by atoms with Crippen LogP contribution in [0, 0.1) is 5.92 Å². The van der Waals surface area contributed by atoms with Gasteiger partial charge in [-0.25, -0.2) is 8.51 Å². The maximum Gasteiger partial charge on any atom is 0.324 e. The fourth-order valence-corrected chi connectivity index (χ4v) is 4.06. The SMILES string of the molecule is CCOC(=O)[C@@H]1[C@H]2C=C[C@H](C2)N1S(=O)C(C)(C)C. The second-order valence-corrected chi connectivity index (χ2v) is 7.91. The van der Waals surface area contributed by atoms with Crippen LogP contribution in [0.1, 0.15) is 34.1 Å². The third kappa shape index (κ3) is 2.26. The van der Waals surface area contributed by atoms with Crippen LogP contribution in [0.3, 0.4) is 0 Å². The number of esters is 1. The summed E-state index contributed by atoms with van der Waals surface area (Å²) in [7, 11) is -1.19. The minimum atomic E-state index is -1.19. The second kappa shape index (κ2) is 4.78. The number of fused-ring (bicyclic) bond motifs is 2. The van der Waals surface area contributed by atoms with Gasteiger partial charge in [0.2, 0.25) is 0 Å². The number of nitrogens with zero attached hydrogens (tertiary/aromatic N) is 1. The molecule has 2 bridgehead atoms. The van der Waals surface area contributed by atoms with E-state index in [9.17, 15) is 9.00 Å². The predicted octanol–water partition coefficient (Wildman–Crippen LogP) is 1.64. The van der Waals surface area contributed by atoms with Crippen molar-refractivity contribution in [1.82, 2.24) is 4.31 Å². The fourth-order valence-electron chi connectivity index (χ4n) is 2.57. The quantitative estimate of drug-likeness (QED) is 0.579. The van der Waals surface area contributed by atoms with Crippen molar-refractivity contribution < 1.29 is 13.7 Å². The van der Waals surface area contributed by atoms with Crippen LogP contribution in [-0.2, 0) is 20.5 Å². The molecule has 0 aromatic heterocycles. The highest BCUT2D eigenvalue weighted by atomic mass is 32.2. The van der Waals surface area contributed by atoms with Crippen molar-refractivity contribution in [3.8, 4) is 0 Å². The number of carbonyl (C=O) groups excluding carboxylic acids is 1. The molecule has 5 heteroatoms. The van der Waals surface area contributed by atoms with E-state index in [1.54, 1.807) is 6.92 Å². The number of hydrogen-bond acceptors (Lipinski definition) is 3. The van der Waals surface area contributed by atoms with E-state index in [4.69, 9.17) is 4.74 Å². The second-order valence-electron chi connectivity index (χ2n) is 5.77. The van der Waals surface area contributed by atoms with Gasteiger partial charge in [-0.3, -0.25) is 4.79 Å². The number of carbonyl (C=O) groups is 1. The highest BCUT2D eigenvalue weighted by molar-refractivity contribution is 7.84. The third-order valence-electron chi connectivity index (χ3n) is 3.34. The van der Waals surface area contributed by atoms with Crippen molar-refractivity contribution in [2.75, 3.05) is 6.61 Å². The largest absolute Gasteiger partial charge is 0.465 e. The molecule has 0 amide bonds. The lowest BCUT2D eigenvalue weighted by Crippen LogP contribution is -2.50. The normalized spacial score (nSPS) is 32.8. The van der Waals surface area contributed by atoms with E-state index in [2.05, 4.69) is 12.2 Å². The molecule has 0 aromatic carbocycles. The molecule has 1 aliphatic heterocycles. The maximum absolute atomic E-state index is 12.6. The lowest BCUT2D eigenvalue weighted by molar-refractivity contribution is -0.147. The molecule has 18 heavy (non-hydrogen) atoms. The van der Waals surface area contributed by atoms with Crippen LogP contribution >= 0.6 is 0 Å². The first-order valence-electron chi connectivity index (χ1n) is 6.41. The molecule has 0 aromatic rings. The Labute approximate surface area is 111 Å². The summed E-state index contributed by atoms with van der Waals surface area (Å²) in [5, 5.41) is 0. The zero-order chi connectivity index (χ0) is 13.5. The lowest BCUT2D eigenvalue weighted by Gasteiger charge is -2.34. The van der Waals surface area contributed by atoms with Crippen molar-refractivity contribution in [2.45, 2.75) is 50.9 Å². The Morgan fingerprint density at radius 1 is 1.44 bits per heavy atom. The van der Waals surface area contributed by atoms with E-state index in [0.29, 0.717) is 6.61 Å². The lowest BCUT2D eigenvalue weighted by atomic mass is 10.0. The summed E-state index contributed by atoms with van der Waals surface area (Å²) in [6.45, 7) is 7.96. The van der Waals surface area contributed by atoms with Crippen LogP contribution in [0.15, 0.2) is 12.2 Å². The average Bonchev–Trinajstić information content (AvgIpc) is 2.86. The van der Waals surface area contributed by atoms with Gasteiger partial charge in [-0.05, 0) is 34.1 Å². The predicted molar refractivity (Wildman–Crippen MR) is 71.2 cm³/mol. The Bertz CT molecular complexity index is 400. The van der Waals surface area contributed by atoms with Gasteiger partial charge < -0.3 is 4.74 Å². The Balaban J connectivity index is 2.25. The Hall–Kier alpha value is -0.680. The maximum atomic E-state index is 12.6. The Morgan fingerprint density at radius 3 is 2.67 bits per heavy atom. The van der Waals surface area contributed by atoms with E-state index in [1.165, 1.54) is 0 Å². The fraction of sp³-hybridized carbons (Fsp3) is 0.769. The zero-order valence-corrected chi connectivity index (χ0v) is 12.2. The molecule has 4 nitrogen and oxygen atoms in total. The van der Waals surface area contributed by atoms with Crippen molar-refractivity contribution >= 4 is 17.0 Å². The van der Waals surface area contributed by atoms with E-state index < -0.39 is 11.0 Å². The van der Waals surface area contributed by atoms with Crippen molar-refractivity contribution in [2.24, 2.45) is 5.92 Å². The first-order chi connectivity index (χ1) is 8.36. The molecule has 0 spiro atoms. The summed E-state index contributed by atoms with van der Waals surface area (Å²) < 4.78 is 19.2. The van der Waals surface area contributed by atoms with E-state index in [1.807, 2.05) is 25.1 Å². The minimum absolute atomic E-state index is 0.115. The summed E-state index contributed by atoms with van der Waals surface area (Å²) >= 11 is 0. The molecule has 102 valence electrons. The molecule has 2 aliphatic rings. The molecule has 1 unspecified atom stereocenters. The molecule has 1 heterocycles. The van der Waals surface area contributed by atoms with Crippen LogP contribution in [0.4, 0.5) is 0 Å². The van der Waals surface area contributed by atoms with Gasteiger partial charge in [-0.1, -0.05) is 12.2 Å². The molecule has 0 radical (unpaired) electrons. The van der Waals surface area contributed by atoms with Gasteiger partial charge in [0, 0.05) is 12.0 Å². The van der Waals surface area contributed by atoms with Crippen molar-refractivity contribution in [3.05, 3.63) is 12.2 Å². The number of hydrogen-bond donors (Lipinski definition) is 0. The van der Waals surface area contributed by atoms with Crippen molar-refractivity contribution in [3.63, 3.8) is 0 Å². The molecule has 1 saturated heterocycles. The molecule has 0 saturated carbocycles. The summed E-state index contributed by atoms with van der Waals surface area (Å²) in [5.41, 5.74) is 0.